The van der Waals surface area contributed by atoms with E-state index in [2.05, 4.69) is 58.3 Å². The molecule has 4 rings (SSSR count). The molecule has 0 bridgehead atoms. The summed E-state index contributed by atoms with van der Waals surface area (Å²) in [6.45, 7) is 33.6. The molecule has 9 atom stereocenters. The van der Waals surface area contributed by atoms with Gasteiger partial charge in [-0.1, -0.05) is 66.0 Å². The van der Waals surface area contributed by atoms with Gasteiger partial charge in [0.2, 0.25) is 5.91 Å². The van der Waals surface area contributed by atoms with Crippen molar-refractivity contribution < 1.29 is 42.9 Å². The van der Waals surface area contributed by atoms with Crippen LogP contribution in [0, 0.1) is 52.3 Å². The van der Waals surface area contributed by atoms with Crippen molar-refractivity contribution in [2.75, 3.05) is 39.3 Å². The van der Waals surface area contributed by atoms with Crippen molar-refractivity contribution in [3.05, 3.63) is 11.6 Å². The topological polar surface area (TPSA) is 153 Å². The second kappa shape index (κ2) is 26.8. The van der Waals surface area contributed by atoms with E-state index in [0.717, 1.165) is 61.2 Å². The van der Waals surface area contributed by atoms with Crippen LogP contribution in [-0.2, 0) is 28.5 Å². The predicted octanol–water partition coefficient (Wildman–Crippen LogP) is 13.4. The first-order chi connectivity index (χ1) is 33.5. The average molecular weight is 1010 g/mol. The minimum atomic E-state index is -0.677. The van der Waals surface area contributed by atoms with Crippen LogP contribution in [0.2, 0.25) is 0 Å². The van der Waals surface area contributed by atoms with E-state index in [4.69, 9.17) is 18.9 Å². The summed E-state index contributed by atoms with van der Waals surface area (Å²) in [5, 5.41) is 5.54. The summed E-state index contributed by atoms with van der Waals surface area (Å²) in [6.07, 6.45) is 17.4. The first-order valence-electron chi connectivity index (χ1n) is 28.6. The normalized spacial score (nSPS) is 25.9. The summed E-state index contributed by atoms with van der Waals surface area (Å²) in [5.41, 5.74) is 0.226. The molecule has 13 heteroatoms. The van der Waals surface area contributed by atoms with E-state index < -0.39 is 35.1 Å². The Hall–Kier alpha value is -3.51. The van der Waals surface area contributed by atoms with E-state index in [9.17, 15) is 24.0 Å². The van der Waals surface area contributed by atoms with E-state index in [1.807, 2.05) is 41.5 Å². The fraction of sp³-hybridized carbons (Fsp3) is 0.881. The number of fused-ring (bicyclic) bond motifs is 5. The molecule has 0 radical (unpaired) electrons. The van der Waals surface area contributed by atoms with Crippen LogP contribution in [0.1, 0.15) is 219 Å². The number of hydrogen-bond acceptors (Lipinski definition) is 9. The van der Waals surface area contributed by atoms with Crippen LogP contribution in [0.25, 0.3) is 0 Å². The van der Waals surface area contributed by atoms with Crippen molar-refractivity contribution in [1.29, 1.82) is 0 Å². The molecule has 0 heterocycles. The van der Waals surface area contributed by atoms with Gasteiger partial charge in [-0.25, -0.2) is 14.4 Å². The summed E-state index contributed by atoms with van der Waals surface area (Å²) >= 11 is 0. The lowest BCUT2D eigenvalue weighted by molar-refractivity contribution is -0.151. The Labute approximate surface area is 437 Å². The van der Waals surface area contributed by atoms with E-state index in [1.165, 1.54) is 50.5 Å². The zero-order valence-corrected chi connectivity index (χ0v) is 48.2. The molecular weight excluding hydrogens is 909 g/mol. The molecule has 13 nitrogen and oxygen atoms in total. The van der Waals surface area contributed by atoms with E-state index >= 15 is 0 Å². The molecule has 2 N–H and O–H groups in total. The Morgan fingerprint density at radius 2 is 1.25 bits per heavy atom. The fourth-order valence-electron chi connectivity index (χ4n) is 13.3. The summed E-state index contributed by atoms with van der Waals surface area (Å²) in [4.78, 5) is 68.3. The molecule has 4 aliphatic carbocycles. The van der Waals surface area contributed by atoms with Crippen molar-refractivity contribution in [2.24, 2.45) is 52.3 Å². The van der Waals surface area contributed by atoms with Gasteiger partial charge in [0, 0.05) is 58.5 Å². The molecule has 0 aromatic rings. The Morgan fingerprint density at radius 3 is 1.82 bits per heavy atom. The smallest absolute Gasteiger partial charge is 0.410 e. The monoisotopic (exact) mass is 1010 g/mol. The number of alkyl carbamates (subject to hydrolysis) is 2. The lowest BCUT2D eigenvalue weighted by atomic mass is 9.47. The van der Waals surface area contributed by atoms with Crippen molar-refractivity contribution in [3.8, 4) is 0 Å². The summed E-state index contributed by atoms with van der Waals surface area (Å²) in [7, 11) is 0. The third-order valence-electron chi connectivity index (χ3n) is 17.0. The highest BCUT2D eigenvalue weighted by molar-refractivity contribution is 5.77. The molecule has 0 spiro atoms. The van der Waals surface area contributed by atoms with Gasteiger partial charge in [-0.2, -0.15) is 0 Å². The van der Waals surface area contributed by atoms with Crippen LogP contribution in [0.3, 0.4) is 0 Å². The van der Waals surface area contributed by atoms with E-state index in [1.54, 1.807) is 30.6 Å². The van der Waals surface area contributed by atoms with Gasteiger partial charge in [0.05, 0.1) is 0 Å². The number of carbonyl (C=O) groups is 5. The fourth-order valence-corrected chi connectivity index (χ4v) is 13.3. The maximum atomic E-state index is 13.8. The molecule has 414 valence electrons. The Morgan fingerprint density at radius 1 is 0.681 bits per heavy atom. The number of amides is 4. The second-order valence-corrected chi connectivity index (χ2v) is 26.3. The molecule has 4 aliphatic rings. The third kappa shape index (κ3) is 18.7. The second-order valence-electron chi connectivity index (χ2n) is 26.3. The van der Waals surface area contributed by atoms with Gasteiger partial charge in [-0.05, 0) is 198 Å². The Bertz CT molecular complexity index is 1800. The molecule has 72 heavy (non-hydrogen) atoms. The minimum Gasteiger partial charge on any atom is -0.462 e. The van der Waals surface area contributed by atoms with Crippen molar-refractivity contribution in [2.45, 2.75) is 242 Å². The number of carbonyl (C=O) groups excluding carboxylic acids is 5. The predicted molar refractivity (Wildman–Crippen MR) is 287 cm³/mol. The molecule has 0 aromatic heterocycles. The van der Waals surface area contributed by atoms with Gasteiger partial charge in [0.15, 0.2) is 0 Å². The van der Waals surface area contributed by atoms with Gasteiger partial charge < -0.3 is 39.4 Å². The van der Waals surface area contributed by atoms with Crippen LogP contribution in [0.5, 0.6) is 0 Å². The lowest BCUT2D eigenvalue weighted by Gasteiger charge is -2.58. The van der Waals surface area contributed by atoms with Crippen LogP contribution in [-0.4, -0.2) is 102 Å². The highest BCUT2D eigenvalue weighted by Crippen LogP contribution is 2.67. The number of ether oxygens (including phenoxy) is 4. The molecule has 3 fully saturated rings. The standard InChI is InChI=1S/C59H104N4O9/c1-16-43(41(2)3)25-24-42(4)47-28-29-48-46-27-26-44-40-45(30-32-58(44,14)49(46)31-33-59(47,48)15)69-51(65)23-19-22-50(64)62(38-20-34-60-52(66)70-55(5,6)7)36-17-18-37-63(54(68)72-57(11,12)13)39-21-35-61-53(67)71-56(8,9)10/h26,41-43,45-49H,16-25,27-40H2,1-15H3,(H,60,66)(H,61,67)/t42-,43-,45+,46+,47-,48+,49+,58+,59-/m1/s1. The van der Waals surface area contributed by atoms with Gasteiger partial charge in [0.25, 0.3) is 0 Å². The lowest BCUT2D eigenvalue weighted by Crippen LogP contribution is -2.51. The Balaban J connectivity index is 1.28. The quantitative estimate of drug-likeness (QED) is 0.0416. The number of nitrogens with zero attached hydrogens (tertiary/aromatic N) is 2. The van der Waals surface area contributed by atoms with Crippen molar-refractivity contribution in [3.63, 3.8) is 0 Å². The average Bonchev–Trinajstić information content (AvgIpc) is 3.62. The molecule has 4 amide bonds. The number of nitrogens with one attached hydrogen (secondary N) is 2. The highest BCUT2D eigenvalue weighted by atomic mass is 16.6. The Kier molecular flexibility index (Phi) is 22.7. The number of allylic oxidation sites excluding steroid dienone is 1. The van der Waals surface area contributed by atoms with Crippen molar-refractivity contribution in [1.82, 2.24) is 20.4 Å². The molecular formula is C59H104N4O9. The number of rotatable bonds is 24. The van der Waals surface area contributed by atoms with E-state index in [-0.39, 0.29) is 36.2 Å². The van der Waals surface area contributed by atoms with Gasteiger partial charge in [0.1, 0.15) is 22.9 Å². The first kappa shape index (κ1) is 61.0. The van der Waals surface area contributed by atoms with Gasteiger partial charge in [-0.15, -0.1) is 0 Å². The summed E-state index contributed by atoms with van der Waals surface area (Å²) in [6, 6.07) is 0. The first-order valence-corrected chi connectivity index (χ1v) is 28.6. The maximum absolute atomic E-state index is 13.8. The zero-order valence-electron chi connectivity index (χ0n) is 48.2. The highest BCUT2D eigenvalue weighted by Gasteiger charge is 2.59. The van der Waals surface area contributed by atoms with Crippen LogP contribution >= 0.6 is 0 Å². The molecule has 0 unspecified atom stereocenters. The SMILES string of the molecule is CC[C@H](CC[C@@H](C)[C@H]1CC[C@H]2[C@@H]3CC=C4C[C@@H](OC(=O)CCCC(=O)N(CCCCN(CCCNC(=O)OC(C)(C)C)C(=O)OC(C)(C)C)CCCNC(=O)OC(C)(C)C)CC[C@]4(C)[C@H]3CC[C@]12C)C(C)C. The van der Waals surface area contributed by atoms with Crippen molar-refractivity contribution >= 4 is 30.2 Å². The van der Waals surface area contributed by atoms with Crippen LogP contribution in [0.4, 0.5) is 14.4 Å². The van der Waals surface area contributed by atoms with Gasteiger partial charge in [-0.3, -0.25) is 9.59 Å². The zero-order chi connectivity index (χ0) is 53.7. The number of unbranched alkanes of at least 4 members (excludes halogenated alkanes) is 1. The number of hydrogen-bond donors (Lipinski definition) is 2. The number of esters is 1. The molecule has 0 aliphatic heterocycles. The summed E-state index contributed by atoms with van der Waals surface area (Å²) in [5.74, 6) is 5.20. The van der Waals surface area contributed by atoms with Crippen LogP contribution < -0.4 is 10.6 Å². The minimum absolute atomic E-state index is 0.0597. The largest absolute Gasteiger partial charge is 0.462 e. The maximum Gasteiger partial charge on any atom is 0.410 e. The third-order valence-corrected chi connectivity index (χ3v) is 17.0. The summed E-state index contributed by atoms with van der Waals surface area (Å²) < 4.78 is 22.6. The molecule has 0 aromatic carbocycles. The van der Waals surface area contributed by atoms with E-state index in [0.29, 0.717) is 82.7 Å². The van der Waals surface area contributed by atoms with Gasteiger partial charge >= 0.3 is 24.2 Å². The molecule has 3 saturated carbocycles. The molecule has 0 saturated heterocycles. The van der Waals surface area contributed by atoms with Crippen LogP contribution in [0.15, 0.2) is 11.6 Å².